The number of carbonyl (C=O) groups excluding carboxylic acids is 3. The van der Waals surface area contributed by atoms with Crippen molar-refractivity contribution in [1.82, 2.24) is 4.90 Å². The van der Waals surface area contributed by atoms with E-state index in [4.69, 9.17) is 4.74 Å². The standard InChI is InChI=1S/C29H35N3O5/c1-5-16-31-23-11-8-7-10-22(23)29(28(31)36)24(26(34)27(35)32(29)18-9-17-30(3)4)25(33)20-12-14-21(15-13-20)37-19-6-2/h7-8,10-15,33H,5-6,9,16-19H2,1-4H3/b25-24-. The third kappa shape index (κ3) is 4.39. The summed E-state index contributed by atoms with van der Waals surface area (Å²) in [7, 11) is 4.00. The van der Waals surface area contributed by atoms with E-state index in [0.717, 1.165) is 13.0 Å². The molecule has 2 aliphatic heterocycles. The molecule has 2 amide bonds. The van der Waals surface area contributed by atoms with Gasteiger partial charge in [-0.3, -0.25) is 14.4 Å². The second kappa shape index (κ2) is 10.8. The molecule has 8 nitrogen and oxygen atoms in total. The van der Waals surface area contributed by atoms with Crippen LogP contribution in [0.15, 0.2) is 54.1 Å². The summed E-state index contributed by atoms with van der Waals surface area (Å²) in [5.41, 5.74) is -0.674. The number of para-hydroxylation sites is 1. The molecule has 0 aliphatic carbocycles. The predicted molar refractivity (Wildman–Crippen MR) is 139 cm³/mol. The molecule has 0 radical (unpaired) electrons. The molecule has 196 valence electrons. The van der Waals surface area contributed by atoms with Crippen molar-refractivity contribution in [3.05, 3.63) is 65.2 Å². The average molecular weight is 506 g/mol. The molecule has 1 fully saturated rings. The van der Waals surface area contributed by atoms with Gasteiger partial charge >= 0.3 is 0 Å². The zero-order chi connectivity index (χ0) is 26.7. The Morgan fingerprint density at radius 3 is 2.32 bits per heavy atom. The van der Waals surface area contributed by atoms with E-state index in [-0.39, 0.29) is 17.7 Å². The summed E-state index contributed by atoms with van der Waals surface area (Å²) in [5.74, 6) is -2.13. The second-order valence-corrected chi connectivity index (χ2v) is 9.86. The van der Waals surface area contributed by atoms with Crippen LogP contribution in [0.3, 0.4) is 0 Å². The number of nitrogens with one attached hydrogen (secondary N) is 1. The quantitative estimate of drug-likeness (QED) is 0.297. The average Bonchev–Trinajstić information content (AvgIpc) is 3.26. The van der Waals surface area contributed by atoms with Gasteiger partial charge in [-0.25, -0.2) is 0 Å². The maximum Gasteiger partial charge on any atom is 0.296 e. The molecule has 1 N–H and O–H groups in total. The molecule has 0 bridgehead atoms. The van der Waals surface area contributed by atoms with E-state index in [9.17, 15) is 19.5 Å². The number of nitrogens with zero attached hydrogens (tertiary/aromatic N) is 2. The van der Waals surface area contributed by atoms with E-state index >= 15 is 0 Å². The number of Topliss-reactive ketones (excluding diaryl/α,β-unsaturated/α-hetero) is 1. The minimum atomic E-state index is -1.77. The van der Waals surface area contributed by atoms with E-state index in [2.05, 4.69) is 0 Å². The van der Waals surface area contributed by atoms with Crippen LogP contribution in [0.4, 0.5) is 5.69 Å². The lowest BCUT2D eigenvalue weighted by Crippen LogP contribution is -3.05. The Morgan fingerprint density at radius 1 is 0.973 bits per heavy atom. The van der Waals surface area contributed by atoms with Crippen LogP contribution < -0.4 is 19.6 Å². The number of hydrogen-bond acceptors (Lipinski definition) is 5. The first-order chi connectivity index (χ1) is 17.8. The van der Waals surface area contributed by atoms with Crippen molar-refractivity contribution in [1.29, 1.82) is 0 Å². The number of likely N-dealkylation sites (tertiary alicyclic amines) is 1. The summed E-state index contributed by atoms with van der Waals surface area (Å²) in [6.07, 6.45) is 2.11. The summed E-state index contributed by atoms with van der Waals surface area (Å²) >= 11 is 0. The van der Waals surface area contributed by atoms with Gasteiger partial charge in [0, 0.05) is 30.6 Å². The van der Waals surface area contributed by atoms with Crippen LogP contribution in [0.2, 0.25) is 0 Å². The molecule has 2 heterocycles. The number of amides is 2. The Morgan fingerprint density at radius 2 is 1.68 bits per heavy atom. The third-order valence-electron chi connectivity index (χ3n) is 6.89. The second-order valence-electron chi connectivity index (χ2n) is 9.86. The van der Waals surface area contributed by atoms with Crippen molar-refractivity contribution in [2.75, 3.05) is 45.2 Å². The first-order valence-electron chi connectivity index (χ1n) is 13.0. The summed E-state index contributed by atoms with van der Waals surface area (Å²) in [6.45, 7) is 5.85. The third-order valence-corrected chi connectivity index (χ3v) is 6.89. The van der Waals surface area contributed by atoms with Gasteiger partial charge in [0.2, 0.25) is 5.78 Å². The molecule has 1 spiro atoms. The normalized spacial score (nSPS) is 20.4. The Kier molecular flexibility index (Phi) is 7.68. The van der Waals surface area contributed by atoms with Gasteiger partial charge in [0.25, 0.3) is 11.8 Å². The van der Waals surface area contributed by atoms with Crippen molar-refractivity contribution < 1.29 is 29.1 Å². The van der Waals surface area contributed by atoms with Crippen molar-refractivity contribution >= 4 is 29.0 Å². The minimum absolute atomic E-state index is 0.191. The van der Waals surface area contributed by atoms with Crippen molar-refractivity contribution in [2.45, 2.75) is 38.6 Å². The van der Waals surface area contributed by atoms with Crippen LogP contribution in [0.25, 0.3) is 5.76 Å². The van der Waals surface area contributed by atoms with E-state index < -0.39 is 28.9 Å². The maximum absolute atomic E-state index is 14.3. The molecule has 37 heavy (non-hydrogen) atoms. The molecule has 2 aromatic rings. The van der Waals surface area contributed by atoms with Crippen LogP contribution in [0.5, 0.6) is 5.75 Å². The van der Waals surface area contributed by atoms with Gasteiger partial charge in [-0.2, -0.15) is 0 Å². The molecule has 0 saturated carbocycles. The number of fused-ring (bicyclic) bond motifs is 2. The van der Waals surface area contributed by atoms with Crippen LogP contribution in [0, 0.1) is 0 Å². The number of benzene rings is 2. The highest BCUT2D eigenvalue weighted by Gasteiger charge is 2.65. The number of ketones is 1. The molecule has 1 saturated heterocycles. The van der Waals surface area contributed by atoms with Crippen LogP contribution >= 0.6 is 0 Å². The number of ether oxygens (including phenoxy) is 1. The molecular formula is C29H35N3O5. The molecule has 8 heteroatoms. The van der Waals surface area contributed by atoms with Gasteiger partial charge < -0.3 is 24.5 Å². The number of quaternary nitrogens is 1. The van der Waals surface area contributed by atoms with Crippen LogP contribution in [-0.2, 0) is 19.9 Å². The molecule has 1 atom stereocenters. The van der Waals surface area contributed by atoms with Gasteiger partial charge in [-0.05, 0) is 36.6 Å². The van der Waals surface area contributed by atoms with Gasteiger partial charge in [-0.15, -0.1) is 0 Å². The lowest BCUT2D eigenvalue weighted by atomic mass is 9.82. The maximum atomic E-state index is 14.3. The largest absolute Gasteiger partial charge is 0.872 e. The lowest BCUT2D eigenvalue weighted by molar-refractivity contribution is -0.858. The highest BCUT2D eigenvalue weighted by Crippen LogP contribution is 2.53. The minimum Gasteiger partial charge on any atom is -0.872 e. The van der Waals surface area contributed by atoms with E-state index in [1.165, 1.54) is 9.80 Å². The smallest absolute Gasteiger partial charge is 0.296 e. The van der Waals surface area contributed by atoms with Crippen molar-refractivity contribution in [2.24, 2.45) is 0 Å². The zero-order valence-corrected chi connectivity index (χ0v) is 22.0. The molecule has 2 aromatic carbocycles. The van der Waals surface area contributed by atoms with Crippen molar-refractivity contribution in [3.63, 3.8) is 0 Å². The highest BCUT2D eigenvalue weighted by atomic mass is 16.5. The van der Waals surface area contributed by atoms with Gasteiger partial charge in [0.05, 0.1) is 32.9 Å². The Labute approximate surface area is 218 Å². The van der Waals surface area contributed by atoms with Crippen molar-refractivity contribution in [3.8, 4) is 5.75 Å². The SMILES string of the molecule is CCCOc1ccc(/C([O-])=C2\C(=O)C(=O)N(CCC[NH+](C)C)C23C(=O)N(CCC)c2ccccc23)cc1. The van der Waals surface area contributed by atoms with Gasteiger partial charge in [0.1, 0.15) is 5.75 Å². The number of carbonyl (C=O) groups is 3. The van der Waals surface area contributed by atoms with E-state index in [0.29, 0.717) is 43.0 Å². The molecule has 4 rings (SSSR count). The number of anilines is 1. The predicted octanol–water partition coefficient (Wildman–Crippen LogP) is 1.14. The first-order valence-corrected chi connectivity index (χ1v) is 13.0. The number of rotatable bonds is 10. The topological polar surface area (TPSA) is 94.4 Å². The van der Waals surface area contributed by atoms with E-state index in [1.54, 1.807) is 41.3 Å². The summed E-state index contributed by atoms with van der Waals surface area (Å²) in [4.78, 5) is 45.5. The highest BCUT2D eigenvalue weighted by molar-refractivity contribution is 6.50. The lowest BCUT2D eigenvalue weighted by Gasteiger charge is -2.36. The summed E-state index contributed by atoms with van der Waals surface area (Å²) < 4.78 is 5.62. The fourth-order valence-corrected chi connectivity index (χ4v) is 5.26. The van der Waals surface area contributed by atoms with E-state index in [1.807, 2.05) is 40.1 Å². The zero-order valence-electron chi connectivity index (χ0n) is 22.0. The summed E-state index contributed by atoms with van der Waals surface area (Å²) in [5, 5.41) is 14.0. The Hall–Kier alpha value is -3.65. The first kappa shape index (κ1) is 26.4. The number of hydrogen-bond donors (Lipinski definition) is 1. The molecule has 1 unspecified atom stereocenters. The molecule has 0 aromatic heterocycles. The fraction of sp³-hybridized carbons (Fsp3) is 0.414. The molecule has 2 aliphatic rings. The Bertz CT molecular complexity index is 1220. The van der Waals surface area contributed by atoms with Crippen LogP contribution in [-0.4, -0.2) is 62.8 Å². The van der Waals surface area contributed by atoms with Crippen LogP contribution in [0.1, 0.15) is 44.2 Å². The Balaban J connectivity index is 1.92. The monoisotopic (exact) mass is 505 g/mol. The fourth-order valence-electron chi connectivity index (χ4n) is 5.26. The van der Waals surface area contributed by atoms with Gasteiger partial charge in [0.15, 0.2) is 5.54 Å². The molecular weight excluding hydrogens is 470 g/mol. The van der Waals surface area contributed by atoms with Gasteiger partial charge in [-0.1, -0.05) is 49.9 Å². The summed E-state index contributed by atoms with van der Waals surface area (Å²) in [6, 6.07) is 13.7.